The molecule has 0 aromatic heterocycles. The molecule has 2 rings (SSSR count). The molecule has 2 nitrogen and oxygen atoms in total. The van der Waals surface area contributed by atoms with Gasteiger partial charge in [-0.2, -0.15) is 8.78 Å². The SMILES string of the molecule is FC(F)=Cc1c(F)cc(F)cc1C1OCCO1. The summed E-state index contributed by atoms with van der Waals surface area (Å²) in [5, 5.41) is 0. The van der Waals surface area contributed by atoms with E-state index >= 15 is 0 Å². The summed E-state index contributed by atoms with van der Waals surface area (Å²) in [6, 6.07) is 1.46. The first-order chi connectivity index (χ1) is 8.08. The molecule has 17 heavy (non-hydrogen) atoms. The second-order valence-electron chi connectivity index (χ2n) is 3.40. The average Bonchev–Trinajstić information content (AvgIpc) is 2.74. The summed E-state index contributed by atoms with van der Waals surface area (Å²) in [5.41, 5.74) is -0.494. The molecule has 0 spiro atoms. The minimum absolute atomic E-state index is 0.0761. The molecule has 1 aliphatic rings. The van der Waals surface area contributed by atoms with Gasteiger partial charge in [0.1, 0.15) is 11.6 Å². The van der Waals surface area contributed by atoms with Crippen molar-refractivity contribution in [2.24, 2.45) is 0 Å². The fraction of sp³-hybridized carbons (Fsp3) is 0.273. The van der Waals surface area contributed by atoms with Gasteiger partial charge in [0.25, 0.3) is 6.08 Å². The lowest BCUT2D eigenvalue weighted by atomic mass is 10.1. The van der Waals surface area contributed by atoms with Gasteiger partial charge < -0.3 is 9.47 Å². The Morgan fingerprint density at radius 2 is 1.82 bits per heavy atom. The molecule has 1 fully saturated rings. The number of benzene rings is 1. The van der Waals surface area contributed by atoms with E-state index in [-0.39, 0.29) is 18.8 Å². The maximum absolute atomic E-state index is 13.4. The van der Waals surface area contributed by atoms with Crippen molar-refractivity contribution in [2.45, 2.75) is 6.29 Å². The van der Waals surface area contributed by atoms with Gasteiger partial charge in [0, 0.05) is 23.3 Å². The van der Waals surface area contributed by atoms with Crippen LogP contribution in [-0.2, 0) is 9.47 Å². The molecule has 1 saturated heterocycles. The Kier molecular flexibility index (Phi) is 3.44. The zero-order valence-corrected chi connectivity index (χ0v) is 8.55. The highest BCUT2D eigenvalue weighted by Crippen LogP contribution is 2.30. The van der Waals surface area contributed by atoms with Gasteiger partial charge in [0.2, 0.25) is 0 Å². The molecule has 0 unspecified atom stereocenters. The topological polar surface area (TPSA) is 18.5 Å². The molecule has 0 radical (unpaired) electrons. The van der Waals surface area contributed by atoms with Gasteiger partial charge in [-0.05, 0) is 6.07 Å². The third-order valence-corrected chi connectivity index (χ3v) is 2.26. The standard InChI is InChI=1S/C11H8F4O2/c12-6-3-8(11-16-1-2-17-11)7(5-10(14)15)9(13)4-6/h3-5,11H,1-2H2. The molecule has 0 N–H and O–H groups in total. The maximum Gasteiger partial charge on any atom is 0.271 e. The first-order valence-electron chi connectivity index (χ1n) is 4.83. The van der Waals surface area contributed by atoms with Gasteiger partial charge in [-0.25, -0.2) is 8.78 Å². The molecule has 1 aliphatic heterocycles. The highest BCUT2D eigenvalue weighted by atomic mass is 19.3. The first-order valence-corrected chi connectivity index (χ1v) is 4.83. The Morgan fingerprint density at radius 3 is 2.41 bits per heavy atom. The molecule has 1 aromatic rings. The molecule has 0 amide bonds. The lowest BCUT2D eigenvalue weighted by molar-refractivity contribution is -0.0446. The van der Waals surface area contributed by atoms with E-state index in [0.29, 0.717) is 12.1 Å². The molecular weight excluding hydrogens is 240 g/mol. The Bertz CT molecular complexity index is 449. The van der Waals surface area contributed by atoms with Crippen molar-refractivity contribution in [3.05, 3.63) is 41.0 Å². The van der Waals surface area contributed by atoms with Crippen LogP contribution < -0.4 is 0 Å². The molecule has 1 heterocycles. The van der Waals surface area contributed by atoms with E-state index in [2.05, 4.69) is 0 Å². The van der Waals surface area contributed by atoms with Gasteiger partial charge >= 0.3 is 0 Å². The van der Waals surface area contributed by atoms with Crippen LogP contribution in [0.25, 0.3) is 6.08 Å². The second kappa shape index (κ2) is 4.85. The van der Waals surface area contributed by atoms with Gasteiger partial charge in [-0.15, -0.1) is 0 Å². The molecule has 0 bridgehead atoms. The average molecular weight is 248 g/mol. The van der Waals surface area contributed by atoms with Crippen molar-refractivity contribution in [1.29, 1.82) is 0 Å². The lowest BCUT2D eigenvalue weighted by Crippen LogP contribution is -2.04. The summed E-state index contributed by atoms with van der Waals surface area (Å²) in [4.78, 5) is 0. The normalized spacial score (nSPS) is 16.2. The smallest absolute Gasteiger partial charge is 0.271 e. The molecule has 1 aromatic carbocycles. The van der Waals surface area contributed by atoms with E-state index in [9.17, 15) is 17.6 Å². The first kappa shape index (κ1) is 12.1. The van der Waals surface area contributed by atoms with Gasteiger partial charge in [-0.3, -0.25) is 0 Å². The van der Waals surface area contributed by atoms with Crippen molar-refractivity contribution in [2.75, 3.05) is 13.2 Å². The summed E-state index contributed by atoms with van der Waals surface area (Å²) < 4.78 is 60.9. The van der Waals surface area contributed by atoms with Crippen LogP contribution in [0.15, 0.2) is 18.2 Å². The van der Waals surface area contributed by atoms with Crippen LogP contribution in [-0.4, -0.2) is 13.2 Å². The number of hydrogen-bond acceptors (Lipinski definition) is 2. The number of ether oxygens (including phenoxy) is 2. The zero-order valence-electron chi connectivity index (χ0n) is 8.55. The van der Waals surface area contributed by atoms with Gasteiger partial charge in [0.15, 0.2) is 6.29 Å². The molecule has 92 valence electrons. The molecule has 0 atom stereocenters. The molecule has 0 saturated carbocycles. The largest absolute Gasteiger partial charge is 0.346 e. The zero-order chi connectivity index (χ0) is 12.4. The third kappa shape index (κ3) is 2.65. The maximum atomic E-state index is 13.4. The van der Waals surface area contributed by atoms with Gasteiger partial charge in [0.05, 0.1) is 13.2 Å². The van der Waals surface area contributed by atoms with Crippen LogP contribution in [0.3, 0.4) is 0 Å². The highest BCUT2D eigenvalue weighted by molar-refractivity contribution is 5.55. The summed E-state index contributed by atoms with van der Waals surface area (Å²) in [5.74, 6) is -1.94. The quantitative estimate of drug-likeness (QED) is 0.748. The van der Waals surface area contributed by atoms with Crippen LogP contribution >= 0.6 is 0 Å². The predicted octanol–water partition coefficient (Wildman–Crippen LogP) is 3.25. The lowest BCUT2D eigenvalue weighted by Gasteiger charge is -2.13. The molecule has 6 heteroatoms. The Labute approximate surface area is 94.4 Å². The van der Waals surface area contributed by atoms with Crippen molar-refractivity contribution >= 4 is 6.08 Å². The monoisotopic (exact) mass is 248 g/mol. The van der Waals surface area contributed by atoms with E-state index in [0.717, 1.165) is 6.07 Å². The predicted molar refractivity (Wildman–Crippen MR) is 51.2 cm³/mol. The van der Waals surface area contributed by atoms with E-state index < -0.39 is 29.6 Å². The summed E-state index contributed by atoms with van der Waals surface area (Å²) in [6.07, 6.45) is -2.75. The Balaban J connectivity index is 2.50. The minimum Gasteiger partial charge on any atom is -0.346 e. The summed E-state index contributed by atoms with van der Waals surface area (Å²) >= 11 is 0. The van der Waals surface area contributed by atoms with Gasteiger partial charge in [-0.1, -0.05) is 0 Å². The molecule has 0 aliphatic carbocycles. The number of rotatable bonds is 2. The number of hydrogen-bond donors (Lipinski definition) is 0. The van der Waals surface area contributed by atoms with E-state index in [1.807, 2.05) is 0 Å². The molecular formula is C11H8F4O2. The second-order valence-corrected chi connectivity index (χ2v) is 3.40. The van der Waals surface area contributed by atoms with Crippen LogP contribution in [0.2, 0.25) is 0 Å². The Hall–Kier alpha value is -1.40. The van der Waals surface area contributed by atoms with Crippen molar-refractivity contribution in [3.63, 3.8) is 0 Å². The van der Waals surface area contributed by atoms with Crippen LogP contribution in [0.4, 0.5) is 17.6 Å². The fourth-order valence-electron chi connectivity index (χ4n) is 1.60. The summed E-state index contributed by atoms with van der Waals surface area (Å²) in [6.45, 7) is 0.508. The van der Waals surface area contributed by atoms with Crippen LogP contribution in [0.1, 0.15) is 17.4 Å². The minimum atomic E-state index is -2.07. The third-order valence-electron chi connectivity index (χ3n) is 2.26. The van der Waals surface area contributed by atoms with Crippen molar-refractivity contribution in [3.8, 4) is 0 Å². The van der Waals surface area contributed by atoms with Crippen molar-refractivity contribution < 1.29 is 27.0 Å². The van der Waals surface area contributed by atoms with Crippen LogP contribution in [0, 0.1) is 11.6 Å². The van der Waals surface area contributed by atoms with E-state index in [1.54, 1.807) is 0 Å². The highest BCUT2D eigenvalue weighted by Gasteiger charge is 2.24. The fourth-order valence-corrected chi connectivity index (χ4v) is 1.60. The van der Waals surface area contributed by atoms with Crippen molar-refractivity contribution in [1.82, 2.24) is 0 Å². The van der Waals surface area contributed by atoms with E-state index in [1.165, 1.54) is 0 Å². The number of halogens is 4. The Morgan fingerprint density at radius 1 is 1.18 bits per heavy atom. The van der Waals surface area contributed by atoms with E-state index in [4.69, 9.17) is 9.47 Å². The summed E-state index contributed by atoms with van der Waals surface area (Å²) in [7, 11) is 0. The van der Waals surface area contributed by atoms with Crippen LogP contribution in [0.5, 0.6) is 0 Å².